The summed E-state index contributed by atoms with van der Waals surface area (Å²) in [5.74, 6) is 0.685. The highest BCUT2D eigenvalue weighted by Crippen LogP contribution is 2.21. The summed E-state index contributed by atoms with van der Waals surface area (Å²) in [6.45, 7) is 5.34. The van der Waals surface area contributed by atoms with E-state index in [1.54, 1.807) is 7.11 Å². The van der Waals surface area contributed by atoms with Crippen LogP contribution in [0, 0.1) is 13.8 Å². The number of hydrogen-bond donors (Lipinski definition) is 1. The predicted octanol–water partition coefficient (Wildman–Crippen LogP) is 3.55. The second-order valence-electron chi connectivity index (χ2n) is 5.00. The normalized spacial score (nSPS) is 10.7. The molecule has 0 aliphatic carbocycles. The first kappa shape index (κ1) is 15.7. The van der Waals surface area contributed by atoms with Crippen LogP contribution < -0.4 is 5.32 Å². The Bertz CT molecular complexity index is 616. The summed E-state index contributed by atoms with van der Waals surface area (Å²) < 4.78 is 5.26. The van der Waals surface area contributed by atoms with E-state index in [1.165, 1.54) is 23.0 Å². The Morgan fingerprint density at radius 1 is 1.19 bits per heavy atom. The summed E-state index contributed by atoms with van der Waals surface area (Å²) in [6.07, 6.45) is 2.41. The van der Waals surface area contributed by atoms with Crippen molar-refractivity contribution in [3.8, 4) is 0 Å². The molecule has 2 rings (SSSR count). The van der Waals surface area contributed by atoms with Gasteiger partial charge in [-0.1, -0.05) is 35.4 Å². The van der Waals surface area contributed by atoms with E-state index in [0.29, 0.717) is 17.4 Å². The number of nitrogens with zero attached hydrogens (tertiary/aromatic N) is 2. The summed E-state index contributed by atoms with van der Waals surface area (Å²) in [5, 5.41) is 3.84. The smallest absolute Gasteiger partial charge is 0.148 e. The van der Waals surface area contributed by atoms with Gasteiger partial charge < -0.3 is 10.1 Å². The van der Waals surface area contributed by atoms with Crippen molar-refractivity contribution >= 4 is 17.4 Å². The van der Waals surface area contributed by atoms with E-state index in [0.717, 1.165) is 18.7 Å². The highest BCUT2D eigenvalue weighted by atomic mass is 35.5. The molecule has 0 aliphatic heterocycles. The van der Waals surface area contributed by atoms with Crippen LogP contribution in [0.1, 0.15) is 22.4 Å². The number of halogens is 1. The van der Waals surface area contributed by atoms with E-state index in [1.807, 2.05) is 6.92 Å². The van der Waals surface area contributed by atoms with Crippen LogP contribution >= 0.6 is 11.6 Å². The maximum atomic E-state index is 6.17. The number of hydrogen-bond acceptors (Lipinski definition) is 4. The summed E-state index contributed by atoms with van der Waals surface area (Å²) in [6, 6.07) is 6.44. The molecule has 2 aromatic rings. The Kier molecular flexibility index (Phi) is 5.53. The molecule has 1 aromatic carbocycles. The van der Waals surface area contributed by atoms with E-state index in [9.17, 15) is 0 Å². The maximum absolute atomic E-state index is 6.17. The van der Waals surface area contributed by atoms with Crippen molar-refractivity contribution in [3.63, 3.8) is 0 Å². The van der Waals surface area contributed by atoms with Gasteiger partial charge in [-0.3, -0.25) is 0 Å². The molecule has 0 fully saturated rings. The van der Waals surface area contributed by atoms with Gasteiger partial charge in [0.2, 0.25) is 0 Å². The van der Waals surface area contributed by atoms with Crippen LogP contribution in [0.3, 0.4) is 0 Å². The zero-order valence-corrected chi connectivity index (χ0v) is 13.4. The summed E-state index contributed by atoms with van der Waals surface area (Å²) in [7, 11) is 1.72. The van der Waals surface area contributed by atoms with E-state index < -0.39 is 0 Å². The zero-order chi connectivity index (χ0) is 15.2. The first-order valence-corrected chi connectivity index (χ1v) is 7.28. The molecule has 0 bridgehead atoms. The zero-order valence-electron chi connectivity index (χ0n) is 12.6. The van der Waals surface area contributed by atoms with E-state index in [4.69, 9.17) is 16.3 Å². The van der Waals surface area contributed by atoms with Gasteiger partial charge >= 0.3 is 0 Å². The first-order valence-electron chi connectivity index (χ1n) is 6.90. The molecule has 1 N–H and O–H groups in total. The lowest BCUT2D eigenvalue weighted by Crippen LogP contribution is -2.09. The molecule has 0 saturated heterocycles. The molecule has 0 radical (unpaired) electrons. The minimum atomic E-state index is 0.582. The van der Waals surface area contributed by atoms with Gasteiger partial charge in [-0.2, -0.15) is 0 Å². The van der Waals surface area contributed by atoms with Crippen LogP contribution in [-0.2, 0) is 17.8 Å². The average Bonchev–Trinajstić information content (AvgIpc) is 2.46. The van der Waals surface area contributed by atoms with Gasteiger partial charge in [0, 0.05) is 13.7 Å². The average molecular weight is 306 g/mol. The van der Waals surface area contributed by atoms with Crippen molar-refractivity contribution in [2.75, 3.05) is 19.0 Å². The van der Waals surface area contributed by atoms with Gasteiger partial charge in [0.05, 0.1) is 12.3 Å². The van der Waals surface area contributed by atoms with Gasteiger partial charge in [0.1, 0.15) is 17.2 Å². The van der Waals surface area contributed by atoms with Gasteiger partial charge in [0.25, 0.3) is 0 Å². The van der Waals surface area contributed by atoms with Crippen LogP contribution in [0.2, 0.25) is 5.02 Å². The predicted molar refractivity (Wildman–Crippen MR) is 85.9 cm³/mol. The van der Waals surface area contributed by atoms with Crippen LogP contribution in [0.25, 0.3) is 0 Å². The van der Waals surface area contributed by atoms with Crippen molar-refractivity contribution in [2.24, 2.45) is 0 Å². The highest BCUT2D eigenvalue weighted by Gasteiger charge is 2.06. The molecular formula is C16H20ClN3O. The number of benzene rings is 1. The van der Waals surface area contributed by atoms with Crippen molar-refractivity contribution in [3.05, 3.63) is 51.9 Å². The minimum absolute atomic E-state index is 0.582. The van der Waals surface area contributed by atoms with Crippen molar-refractivity contribution in [1.29, 1.82) is 0 Å². The molecule has 1 aromatic heterocycles. The third-order valence-corrected chi connectivity index (χ3v) is 3.76. The number of anilines is 1. The van der Waals surface area contributed by atoms with E-state index in [2.05, 4.69) is 40.4 Å². The van der Waals surface area contributed by atoms with Crippen molar-refractivity contribution < 1.29 is 4.74 Å². The minimum Gasteiger partial charge on any atom is -0.380 e. The molecule has 0 unspecified atom stereocenters. The number of rotatable bonds is 6. The first-order chi connectivity index (χ1) is 10.1. The Labute approximate surface area is 130 Å². The Balaban J connectivity index is 2.02. The number of nitrogens with one attached hydrogen (secondary N) is 1. The number of methoxy groups -OCH3 is 1. The standard InChI is InChI=1S/C16H20ClN3O/c1-11-4-5-13(14(8-11)9-21-3)6-7-18-16-15(17)12(2)19-10-20-16/h4-5,8,10H,6-7,9H2,1-3H3,(H,18,19,20). The molecule has 0 aliphatic rings. The fourth-order valence-corrected chi connectivity index (χ4v) is 2.35. The fraction of sp³-hybridized carbons (Fsp3) is 0.375. The number of aromatic nitrogens is 2. The van der Waals surface area contributed by atoms with Crippen LogP contribution in [0.5, 0.6) is 0 Å². The molecule has 0 atom stereocenters. The monoisotopic (exact) mass is 305 g/mol. The van der Waals surface area contributed by atoms with Gasteiger partial charge in [-0.15, -0.1) is 0 Å². The van der Waals surface area contributed by atoms with Gasteiger partial charge in [0.15, 0.2) is 0 Å². The third kappa shape index (κ3) is 4.16. The fourth-order valence-electron chi connectivity index (χ4n) is 2.19. The van der Waals surface area contributed by atoms with Crippen LogP contribution in [0.4, 0.5) is 5.82 Å². The van der Waals surface area contributed by atoms with E-state index >= 15 is 0 Å². The Morgan fingerprint density at radius 2 is 2.00 bits per heavy atom. The molecule has 112 valence electrons. The second-order valence-corrected chi connectivity index (χ2v) is 5.38. The Hall–Kier alpha value is -1.65. The lowest BCUT2D eigenvalue weighted by molar-refractivity contribution is 0.184. The lowest BCUT2D eigenvalue weighted by Gasteiger charge is -2.12. The summed E-state index contributed by atoms with van der Waals surface area (Å²) in [5.41, 5.74) is 4.53. The van der Waals surface area contributed by atoms with E-state index in [-0.39, 0.29) is 0 Å². The third-order valence-electron chi connectivity index (χ3n) is 3.31. The lowest BCUT2D eigenvalue weighted by atomic mass is 10.0. The van der Waals surface area contributed by atoms with Crippen LogP contribution in [-0.4, -0.2) is 23.6 Å². The summed E-state index contributed by atoms with van der Waals surface area (Å²) >= 11 is 6.17. The SMILES string of the molecule is COCc1cc(C)ccc1CCNc1ncnc(C)c1Cl. The molecule has 5 heteroatoms. The highest BCUT2D eigenvalue weighted by molar-refractivity contribution is 6.33. The molecule has 1 heterocycles. The molecular weight excluding hydrogens is 286 g/mol. The number of ether oxygens (including phenoxy) is 1. The second kappa shape index (κ2) is 7.38. The molecule has 4 nitrogen and oxygen atoms in total. The summed E-state index contributed by atoms with van der Waals surface area (Å²) in [4.78, 5) is 8.22. The largest absolute Gasteiger partial charge is 0.380 e. The van der Waals surface area contributed by atoms with Crippen LogP contribution in [0.15, 0.2) is 24.5 Å². The number of aryl methyl sites for hydroxylation is 2. The molecule has 0 amide bonds. The quantitative estimate of drug-likeness (QED) is 0.886. The maximum Gasteiger partial charge on any atom is 0.148 e. The molecule has 0 spiro atoms. The topological polar surface area (TPSA) is 47.0 Å². The van der Waals surface area contributed by atoms with Gasteiger partial charge in [-0.25, -0.2) is 9.97 Å². The molecule has 0 saturated carbocycles. The Morgan fingerprint density at radius 3 is 2.76 bits per heavy atom. The van der Waals surface area contributed by atoms with Gasteiger partial charge in [-0.05, 0) is 31.4 Å². The molecule has 21 heavy (non-hydrogen) atoms. The van der Waals surface area contributed by atoms with Crippen molar-refractivity contribution in [1.82, 2.24) is 9.97 Å². The van der Waals surface area contributed by atoms with Crippen molar-refractivity contribution in [2.45, 2.75) is 26.9 Å².